The molecule has 0 bridgehead atoms. The summed E-state index contributed by atoms with van der Waals surface area (Å²) >= 11 is 0. The Kier molecular flexibility index (Phi) is 5.37. The molecule has 0 spiro atoms. The summed E-state index contributed by atoms with van der Waals surface area (Å²) < 4.78 is 31.2. The van der Waals surface area contributed by atoms with Crippen LogP contribution in [-0.4, -0.2) is 37.8 Å². The third-order valence-corrected chi connectivity index (χ3v) is 6.75. The standard InChI is InChI=1S/C23H19NO5S/c25-22-20-12-6-7-13-21(20)30(27,28)24(22)14-15-29-23(26)19-11-5-4-10-18(19)16-17-8-2-1-3-9-17/h1-13H,14-16H2. The number of ether oxygens (including phenoxy) is 1. The number of amides is 1. The summed E-state index contributed by atoms with van der Waals surface area (Å²) in [6.07, 6.45) is 0.570. The van der Waals surface area contributed by atoms with E-state index in [1.165, 1.54) is 12.1 Å². The number of benzene rings is 3. The minimum Gasteiger partial charge on any atom is -0.460 e. The summed E-state index contributed by atoms with van der Waals surface area (Å²) in [5.41, 5.74) is 2.42. The zero-order valence-corrected chi connectivity index (χ0v) is 16.8. The lowest BCUT2D eigenvalue weighted by Gasteiger charge is -2.15. The SMILES string of the molecule is O=C(OCCN1C(=O)c2ccccc2S1(=O)=O)c1ccccc1Cc1ccccc1. The van der Waals surface area contributed by atoms with Gasteiger partial charge in [-0.15, -0.1) is 0 Å². The first-order valence-corrected chi connectivity index (χ1v) is 10.9. The molecule has 0 atom stereocenters. The molecule has 7 heteroatoms. The van der Waals surface area contributed by atoms with Gasteiger partial charge in [-0.1, -0.05) is 60.7 Å². The van der Waals surface area contributed by atoms with Gasteiger partial charge in [0, 0.05) is 0 Å². The summed E-state index contributed by atoms with van der Waals surface area (Å²) in [6, 6.07) is 22.9. The first-order chi connectivity index (χ1) is 14.5. The highest BCUT2D eigenvalue weighted by Gasteiger charge is 2.40. The van der Waals surface area contributed by atoms with Crippen LogP contribution in [0.25, 0.3) is 0 Å². The van der Waals surface area contributed by atoms with E-state index in [0.717, 1.165) is 15.4 Å². The third-order valence-electron chi connectivity index (χ3n) is 4.91. The van der Waals surface area contributed by atoms with E-state index in [2.05, 4.69) is 0 Å². The van der Waals surface area contributed by atoms with Crippen LogP contribution in [0.4, 0.5) is 0 Å². The van der Waals surface area contributed by atoms with Gasteiger partial charge in [0.1, 0.15) is 11.5 Å². The molecule has 0 saturated carbocycles. The van der Waals surface area contributed by atoms with Crippen molar-refractivity contribution in [1.29, 1.82) is 0 Å². The average molecular weight is 421 g/mol. The maximum Gasteiger partial charge on any atom is 0.338 e. The van der Waals surface area contributed by atoms with Gasteiger partial charge in [-0.3, -0.25) is 4.79 Å². The number of nitrogens with zero attached hydrogens (tertiary/aromatic N) is 1. The highest BCUT2D eigenvalue weighted by Crippen LogP contribution is 2.29. The largest absolute Gasteiger partial charge is 0.460 e. The molecule has 0 unspecified atom stereocenters. The van der Waals surface area contributed by atoms with Gasteiger partial charge in [0.05, 0.1) is 17.7 Å². The Morgan fingerprint density at radius 3 is 2.30 bits per heavy atom. The quantitative estimate of drug-likeness (QED) is 0.571. The first-order valence-electron chi connectivity index (χ1n) is 9.43. The summed E-state index contributed by atoms with van der Waals surface area (Å²) in [4.78, 5) is 25.0. The monoisotopic (exact) mass is 421 g/mol. The van der Waals surface area contributed by atoms with Crippen molar-refractivity contribution in [2.45, 2.75) is 11.3 Å². The Hall–Kier alpha value is -3.45. The molecule has 0 N–H and O–H groups in total. The molecular weight excluding hydrogens is 402 g/mol. The summed E-state index contributed by atoms with van der Waals surface area (Å²) in [5.74, 6) is -1.16. The van der Waals surface area contributed by atoms with E-state index in [1.807, 2.05) is 42.5 Å². The van der Waals surface area contributed by atoms with E-state index in [1.54, 1.807) is 24.3 Å². The summed E-state index contributed by atoms with van der Waals surface area (Å²) in [5, 5.41) is 0. The van der Waals surface area contributed by atoms with Crippen LogP contribution in [0.5, 0.6) is 0 Å². The fourth-order valence-electron chi connectivity index (χ4n) is 3.44. The molecule has 1 amide bonds. The van der Waals surface area contributed by atoms with Crippen LogP contribution in [0.2, 0.25) is 0 Å². The Bertz CT molecular complexity index is 1210. The molecule has 0 saturated heterocycles. The van der Waals surface area contributed by atoms with Gasteiger partial charge in [0.25, 0.3) is 15.9 Å². The Balaban J connectivity index is 1.44. The zero-order chi connectivity index (χ0) is 21.1. The van der Waals surface area contributed by atoms with Crippen LogP contribution in [0, 0.1) is 0 Å². The fourth-order valence-corrected chi connectivity index (χ4v) is 4.99. The highest BCUT2D eigenvalue weighted by atomic mass is 32.2. The predicted molar refractivity (Wildman–Crippen MR) is 111 cm³/mol. The van der Waals surface area contributed by atoms with Gasteiger partial charge in [-0.25, -0.2) is 17.5 Å². The van der Waals surface area contributed by atoms with E-state index < -0.39 is 21.9 Å². The number of rotatable bonds is 6. The van der Waals surface area contributed by atoms with Gasteiger partial charge >= 0.3 is 5.97 Å². The fraction of sp³-hybridized carbons (Fsp3) is 0.130. The first kappa shape index (κ1) is 19.8. The predicted octanol–water partition coefficient (Wildman–Crippen LogP) is 3.28. The van der Waals surface area contributed by atoms with Crippen LogP contribution in [0.1, 0.15) is 31.8 Å². The van der Waals surface area contributed by atoms with E-state index in [4.69, 9.17) is 4.74 Å². The molecule has 3 aromatic rings. The third kappa shape index (κ3) is 3.71. The molecule has 6 nitrogen and oxygen atoms in total. The molecule has 3 aromatic carbocycles. The second-order valence-corrected chi connectivity index (χ2v) is 8.66. The van der Waals surface area contributed by atoms with Gasteiger partial charge < -0.3 is 4.74 Å². The number of carbonyl (C=O) groups excluding carboxylic acids is 2. The molecule has 30 heavy (non-hydrogen) atoms. The Morgan fingerprint density at radius 2 is 1.53 bits per heavy atom. The lowest BCUT2D eigenvalue weighted by Crippen LogP contribution is -2.33. The van der Waals surface area contributed by atoms with Crippen molar-refractivity contribution in [2.75, 3.05) is 13.2 Å². The van der Waals surface area contributed by atoms with Crippen molar-refractivity contribution in [3.8, 4) is 0 Å². The van der Waals surface area contributed by atoms with Crippen molar-refractivity contribution in [3.63, 3.8) is 0 Å². The van der Waals surface area contributed by atoms with E-state index >= 15 is 0 Å². The van der Waals surface area contributed by atoms with E-state index in [0.29, 0.717) is 12.0 Å². The van der Waals surface area contributed by atoms with Gasteiger partial charge in [-0.05, 0) is 35.7 Å². The maximum absolute atomic E-state index is 12.6. The summed E-state index contributed by atoms with van der Waals surface area (Å²) in [6.45, 7) is -0.458. The number of fused-ring (bicyclic) bond motifs is 1. The number of esters is 1. The Labute approximate surface area is 174 Å². The Morgan fingerprint density at radius 1 is 0.867 bits per heavy atom. The molecule has 1 aliphatic rings. The van der Waals surface area contributed by atoms with Gasteiger partial charge in [0.15, 0.2) is 0 Å². The molecule has 0 aromatic heterocycles. The molecular formula is C23H19NO5S. The zero-order valence-electron chi connectivity index (χ0n) is 16.0. The van der Waals surface area contributed by atoms with Crippen LogP contribution < -0.4 is 0 Å². The lowest BCUT2D eigenvalue weighted by molar-refractivity contribution is 0.0476. The molecule has 4 rings (SSSR count). The lowest BCUT2D eigenvalue weighted by atomic mass is 10.00. The number of hydrogen-bond donors (Lipinski definition) is 0. The minimum atomic E-state index is -3.91. The van der Waals surface area contributed by atoms with Crippen LogP contribution >= 0.6 is 0 Å². The summed E-state index contributed by atoms with van der Waals surface area (Å²) in [7, 11) is -3.91. The molecule has 0 aliphatic carbocycles. The van der Waals surface area contributed by atoms with Crippen LogP contribution in [-0.2, 0) is 21.2 Å². The molecule has 0 fully saturated rings. The van der Waals surface area contributed by atoms with Gasteiger partial charge in [-0.2, -0.15) is 0 Å². The highest BCUT2D eigenvalue weighted by molar-refractivity contribution is 7.90. The van der Waals surface area contributed by atoms with Crippen molar-refractivity contribution in [2.24, 2.45) is 0 Å². The smallest absolute Gasteiger partial charge is 0.338 e. The van der Waals surface area contributed by atoms with Crippen LogP contribution in [0.15, 0.2) is 83.8 Å². The molecule has 152 valence electrons. The second kappa shape index (κ2) is 8.12. The number of hydrogen-bond acceptors (Lipinski definition) is 5. The topological polar surface area (TPSA) is 80.8 Å². The molecule has 0 radical (unpaired) electrons. The minimum absolute atomic E-state index is 0.0190. The van der Waals surface area contributed by atoms with Crippen molar-refractivity contribution >= 4 is 21.9 Å². The number of sulfonamides is 1. The average Bonchev–Trinajstić information content (AvgIpc) is 2.95. The van der Waals surface area contributed by atoms with E-state index in [9.17, 15) is 18.0 Å². The molecule has 1 aliphatic heterocycles. The maximum atomic E-state index is 12.6. The van der Waals surface area contributed by atoms with Crippen molar-refractivity contribution in [3.05, 3.63) is 101 Å². The number of carbonyl (C=O) groups is 2. The van der Waals surface area contributed by atoms with Gasteiger partial charge in [0.2, 0.25) is 0 Å². The van der Waals surface area contributed by atoms with Crippen molar-refractivity contribution < 1.29 is 22.7 Å². The van der Waals surface area contributed by atoms with E-state index in [-0.39, 0.29) is 23.6 Å². The van der Waals surface area contributed by atoms with Crippen LogP contribution in [0.3, 0.4) is 0 Å². The normalized spacial score (nSPS) is 14.4. The van der Waals surface area contributed by atoms with Crippen molar-refractivity contribution in [1.82, 2.24) is 4.31 Å². The second-order valence-electron chi connectivity index (χ2n) is 6.83. The molecule has 1 heterocycles.